The fraction of sp³-hybridized carbons (Fsp3) is 0.200. The van der Waals surface area contributed by atoms with Crippen LogP contribution in [0.4, 0.5) is 46.5 Å². The molecule has 0 aliphatic carbocycles. The predicted octanol–water partition coefficient (Wildman–Crippen LogP) is 8.59. The summed E-state index contributed by atoms with van der Waals surface area (Å²) in [5.41, 5.74) is 3.15. The number of anilines is 8. The molecule has 0 fully saturated rings. The van der Waals surface area contributed by atoms with Crippen molar-refractivity contribution in [3.8, 4) is 0 Å². The third-order valence-electron chi connectivity index (χ3n) is 7.49. The first-order valence-corrected chi connectivity index (χ1v) is 21.2. The first-order chi connectivity index (χ1) is 27.8. The number of hydrogen-bond acceptors (Lipinski definition) is 15. The molecular weight excluding hydrogens is 781 g/mol. The summed E-state index contributed by atoms with van der Waals surface area (Å²) in [4.78, 5) is 25.9. The molecule has 0 aliphatic rings. The van der Waals surface area contributed by atoms with Crippen LogP contribution in [0.25, 0.3) is 12.2 Å². The van der Waals surface area contributed by atoms with Crippen molar-refractivity contribution >= 4 is 78.9 Å². The van der Waals surface area contributed by atoms with Crippen LogP contribution in [-0.2, 0) is 30.2 Å². The van der Waals surface area contributed by atoms with Gasteiger partial charge in [0, 0.05) is 22.7 Å². The van der Waals surface area contributed by atoms with E-state index >= 15 is 0 Å². The van der Waals surface area contributed by atoms with Gasteiger partial charge in [-0.25, -0.2) is 0 Å². The van der Waals surface area contributed by atoms with Gasteiger partial charge in [0.05, 0.1) is 7.11 Å². The Kier molecular flexibility index (Phi) is 15.8. The Labute approximate surface area is 339 Å². The van der Waals surface area contributed by atoms with Gasteiger partial charge in [-0.15, -0.1) is 0 Å². The second-order valence-electron chi connectivity index (χ2n) is 11.6. The van der Waals surface area contributed by atoms with Crippen LogP contribution in [0.15, 0.2) is 102 Å². The minimum atomic E-state index is -4.47. The van der Waals surface area contributed by atoms with Crippen LogP contribution in [0.3, 0.4) is 0 Å². The van der Waals surface area contributed by atoms with Crippen LogP contribution in [0.1, 0.15) is 56.0 Å². The van der Waals surface area contributed by atoms with Gasteiger partial charge in [0.2, 0.25) is 23.8 Å². The SMILES string of the molecule is CC.CC.COS(=O)(=O)c1cc(Nc2nc(C)nc(Nc3ccccc3)n2)ccc1/C=C/c1ccc(Nc2nc(C)nc(Nc3ccccc3)n2)cc1CS(=O)(=O)O. The smallest absolute Gasteiger partial charge is 0.297 e. The number of benzene rings is 4. The van der Waals surface area contributed by atoms with E-state index in [2.05, 4.69) is 51.2 Å². The second-order valence-corrected chi connectivity index (χ2v) is 14.8. The minimum Gasteiger partial charge on any atom is -0.324 e. The van der Waals surface area contributed by atoms with E-state index in [0.717, 1.165) is 18.5 Å². The summed E-state index contributed by atoms with van der Waals surface area (Å²) in [6.45, 7) is 11.4. The van der Waals surface area contributed by atoms with E-state index in [1.807, 2.05) is 88.4 Å². The minimum absolute atomic E-state index is 0.171. The van der Waals surface area contributed by atoms with Crippen molar-refractivity contribution in [2.24, 2.45) is 0 Å². The number of nitrogens with zero attached hydrogens (tertiary/aromatic N) is 6. The molecule has 0 spiro atoms. The largest absolute Gasteiger partial charge is 0.324 e. The number of hydrogen-bond donors (Lipinski definition) is 5. The van der Waals surface area contributed by atoms with Gasteiger partial charge in [0.1, 0.15) is 22.3 Å². The van der Waals surface area contributed by atoms with Gasteiger partial charge in [-0.3, -0.25) is 8.74 Å². The number of aromatic nitrogens is 6. The fourth-order valence-corrected chi connectivity index (χ4v) is 6.67. The van der Waals surface area contributed by atoms with Crippen LogP contribution in [0.2, 0.25) is 0 Å². The molecule has 0 saturated heterocycles. The molecule has 0 amide bonds. The maximum Gasteiger partial charge on any atom is 0.297 e. The van der Waals surface area contributed by atoms with Crippen LogP contribution in [0.5, 0.6) is 0 Å². The van der Waals surface area contributed by atoms with Crippen LogP contribution >= 0.6 is 0 Å². The molecule has 0 radical (unpaired) electrons. The molecule has 304 valence electrons. The van der Waals surface area contributed by atoms with Gasteiger partial charge in [0.25, 0.3) is 20.2 Å². The van der Waals surface area contributed by atoms with Crippen molar-refractivity contribution < 1.29 is 25.6 Å². The maximum atomic E-state index is 13.1. The Morgan fingerprint density at radius 3 is 1.38 bits per heavy atom. The fourth-order valence-electron chi connectivity index (χ4n) is 5.15. The van der Waals surface area contributed by atoms with Gasteiger partial charge in [-0.2, -0.15) is 46.7 Å². The summed E-state index contributed by atoms with van der Waals surface area (Å²) in [5, 5.41) is 12.3. The van der Waals surface area contributed by atoms with E-state index in [0.29, 0.717) is 34.5 Å². The Morgan fingerprint density at radius 2 is 0.948 bits per heavy atom. The topological polar surface area (TPSA) is 223 Å². The van der Waals surface area contributed by atoms with Crippen molar-refractivity contribution in [2.75, 3.05) is 28.4 Å². The van der Waals surface area contributed by atoms with Gasteiger partial charge in [0.15, 0.2) is 0 Å². The van der Waals surface area contributed by atoms with Gasteiger partial charge in [-0.1, -0.05) is 88.4 Å². The van der Waals surface area contributed by atoms with Crippen molar-refractivity contribution in [1.29, 1.82) is 0 Å². The standard InChI is InChI=1S/C36H34N10O6S2.2C2H6/c1-23-37-33(41-28-10-6-4-7-11-28)45-35(39-23)43-30-18-16-25(27(20-30)22-53(47,48)49)14-15-26-17-19-31(21-32(26)54(50,51)52-3)44-36-40-24(2)38-34(46-36)42-29-12-8-5-9-13-29;2*1-2/h4-21H,22H2,1-3H3,(H,47,48,49)(H2,37,39,41,43,45)(H2,38,40,42,44,46);2*1-2H3/b15-14+;;. The summed E-state index contributed by atoms with van der Waals surface area (Å²) in [7, 11) is -7.67. The number of rotatable bonds is 14. The van der Waals surface area contributed by atoms with E-state index < -0.39 is 26.0 Å². The molecule has 2 aromatic heterocycles. The lowest BCUT2D eigenvalue weighted by Gasteiger charge is -2.13. The van der Waals surface area contributed by atoms with Crippen LogP contribution in [-0.4, -0.2) is 58.4 Å². The number of para-hydroxylation sites is 2. The molecule has 0 aliphatic heterocycles. The number of nitrogens with one attached hydrogen (secondary N) is 4. The second kappa shape index (κ2) is 20.7. The normalized spacial score (nSPS) is 11.1. The highest BCUT2D eigenvalue weighted by Crippen LogP contribution is 2.28. The van der Waals surface area contributed by atoms with Crippen molar-refractivity contribution in [3.63, 3.8) is 0 Å². The molecule has 0 saturated carbocycles. The first-order valence-electron chi connectivity index (χ1n) is 18.2. The molecule has 0 unspecified atom stereocenters. The molecule has 5 N–H and O–H groups in total. The first kappa shape index (κ1) is 44.4. The molecule has 0 bridgehead atoms. The molecule has 58 heavy (non-hydrogen) atoms. The summed E-state index contributed by atoms with van der Waals surface area (Å²) in [6, 6.07) is 28.0. The highest BCUT2D eigenvalue weighted by atomic mass is 32.2. The molecule has 16 nitrogen and oxygen atoms in total. The van der Waals surface area contributed by atoms with Crippen molar-refractivity contribution in [1.82, 2.24) is 29.9 Å². The molecular formula is C40H46N10O6S2. The van der Waals surface area contributed by atoms with E-state index in [-0.39, 0.29) is 33.9 Å². The lowest BCUT2D eigenvalue weighted by Crippen LogP contribution is -2.08. The van der Waals surface area contributed by atoms with Crippen molar-refractivity contribution in [2.45, 2.75) is 52.2 Å². The zero-order valence-corrected chi connectivity index (χ0v) is 34.7. The molecule has 2 heterocycles. The third-order valence-corrected chi connectivity index (χ3v) is 9.50. The molecule has 6 rings (SSSR count). The molecule has 6 aromatic rings. The average molecular weight is 827 g/mol. The highest BCUT2D eigenvalue weighted by Gasteiger charge is 2.19. The van der Waals surface area contributed by atoms with E-state index in [1.54, 1.807) is 38.1 Å². The highest BCUT2D eigenvalue weighted by molar-refractivity contribution is 7.86. The summed E-state index contributed by atoms with van der Waals surface area (Å²) < 4.78 is 64.9. The van der Waals surface area contributed by atoms with Gasteiger partial charge in [-0.05, 0) is 79.1 Å². The van der Waals surface area contributed by atoms with E-state index in [9.17, 15) is 21.4 Å². The zero-order valence-electron chi connectivity index (χ0n) is 33.1. The Morgan fingerprint density at radius 1 is 0.552 bits per heavy atom. The van der Waals surface area contributed by atoms with Crippen molar-refractivity contribution in [3.05, 3.63) is 125 Å². The van der Waals surface area contributed by atoms with E-state index in [1.165, 1.54) is 24.3 Å². The Hall–Kier alpha value is -6.34. The lowest BCUT2D eigenvalue weighted by atomic mass is 10.1. The van der Waals surface area contributed by atoms with Crippen LogP contribution in [0, 0.1) is 13.8 Å². The summed E-state index contributed by atoms with van der Waals surface area (Å²) in [5.74, 6) is 1.08. The maximum absolute atomic E-state index is 13.1. The molecule has 18 heteroatoms. The Balaban J connectivity index is 0.00000180. The van der Waals surface area contributed by atoms with E-state index in [4.69, 9.17) is 4.18 Å². The summed E-state index contributed by atoms with van der Waals surface area (Å²) >= 11 is 0. The molecule has 0 atom stereocenters. The van der Waals surface area contributed by atoms with Gasteiger partial charge < -0.3 is 21.3 Å². The average Bonchev–Trinajstić information content (AvgIpc) is 3.19. The lowest BCUT2D eigenvalue weighted by molar-refractivity contribution is 0.397. The quantitative estimate of drug-likeness (QED) is 0.0394. The van der Waals surface area contributed by atoms with Crippen LogP contribution < -0.4 is 21.3 Å². The Bertz CT molecular complexity index is 2540. The number of aryl methyl sites for hydroxylation is 2. The predicted molar refractivity (Wildman–Crippen MR) is 229 cm³/mol. The summed E-state index contributed by atoms with van der Waals surface area (Å²) in [6.07, 6.45) is 3.03. The molecule has 4 aromatic carbocycles. The van der Waals surface area contributed by atoms with Gasteiger partial charge >= 0.3 is 0 Å². The monoisotopic (exact) mass is 826 g/mol. The zero-order chi connectivity index (χ0) is 42.3. The third kappa shape index (κ3) is 13.1.